The molecule has 3 nitrogen and oxygen atoms in total. The standard InChI is InChI=1S/C9H17NO2/c1-6(2)5-7-9(3,4)10-8(11)12-7/h6-7H,5H2,1-4H3,(H,10,11)/t7-/m0/s1. The molecule has 0 aromatic heterocycles. The first-order valence-electron chi connectivity index (χ1n) is 4.40. The molecule has 1 rings (SSSR count). The van der Waals surface area contributed by atoms with E-state index in [4.69, 9.17) is 4.74 Å². The van der Waals surface area contributed by atoms with Crippen LogP contribution in [-0.4, -0.2) is 17.7 Å². The molecule has 1 aliphatic rings. The van der Waals surface area contributed by atoms with Crippen molar-refractivity contribution in [2.75, 3.05) is 0 Å². The predicted octanol–water partition coefficient (Wildman–Crippen LogP) is 1.92. The Morgan fingerprint density at radius 1 is 1.58 bits per heavy atom. The Morgan fingerprint density at radius 3 is 2.50 bits per heavy atom. The minimum atomic E-state index is -0.286. The molecule has 0 spiro atoms. The summed E-state index contributed by atoms with van der Waals surface area (Å²) in [6, 6.07) is 0. The number of hydrogen-bond donors (Lipinski definition) is 1. The molecule has 0 aromatic rings. The van der Waals surface area contributed by atoms with Crippen molar-refractivity contribution in [1.29, 1.82) is 0 Å². The predicted molar refractivity (Wildman–Crippen MR) is 46.9 cm³/mol. The third kappa shape index (κ3) is 1.90. The minimum Gasteiger partial charge on any atom is -0.444 e. The number of alkyl carbamates (subject to hydrolysis) is 1. The number of carbonyl (C=O) groups is 1. The zero-order chi connectivity index (χ0) is 9.35. The van der Waals surface area contributed by atoms with Crippen LogP contribution in [0.15, 0.2) is 0 Å². The average Bonchev–Trinajstić information content (AvgIpc) is 2.04. The molecule has 1 atom stereocenters. The lowest BCUT2D eigenvalue weighted by Gasteiger charge is -2.24. The fourth-order valence-electron chi connectivity index (χ4n) is 1.42. The van der Waals surface area contributed by atoms with Gasteiger partial charge in [-0.1, -0.05) is 13.8 Å². The Bertz CT molecular complexity index is 187. The molecule has 0 aliphatic carbocycles. The molecule has 1 amide bonds. The summed E-state index contributed by atoms with van der Waals surface area (Å²) >= 11 is 0. The van der Waals surface area contributed by atoms with Crippen molar-refractivity contribution in [3.8, 4) is 0 Å². The maximum Gasteiger partial charge on any atom is 0.408 e. The van der Waals surface area contributed by atoms with Crippen LogP contribution in [0.1, 0.15) is 34.1 Å². The second-order valence-electron chi connectivity index (χ2n) is 4.37. The number of ether oxygens (including phenoxy) is 1. The van der Waals surface area contributed by atoms with Gasteiger partial charge in [-0.3, -0.25) is 0 Å². The highest BCUT2D eigenvalue weighted by molar-refractivity contribution is 5.71. The number of carbonyl (C=O) groups excluding carboxylic acids is 1. The van der Waals surface area contributed by atoms with Crippen LogP contribution in [0, 0.1) is 5.92 Å². The third-order valence-corrected chi connectivity index (χ3v) is 2.16. The summed E-state index contributed by atoms with van der Waals surface area (Å²) in [6.07, 6.45) is 0.654. The summed E-state index contributed by atoms with van der Waals surface area (Å²) in [5, 5.41) is 2.79. The van der Waals surface area contributed by atoms with Crippen LogP contribution in [0.4, 0.5) is 4.79 Å². The van der Waals surface area contributed by atoms with Gasteiger partial charge in [0.05, 0.1) is 5.54 Å². The van der Waals surface area contributed by atoms with E-state index in [1.807, 2.05) is 13.8 Å². The van der Waals surface area contributed by atoms with Crippen LogP contribution in [0.5, 0.6) is 0 Å². The lowest BCUT2D eigenvalue weighted by atomic mass is 9.91. The smallest absolute Gasteiger partial charge is 0.408 e. The van der Waals surface area contributed by atoms with Gasteiger partial charge in [0.1, 0.15) is 6.10 Å². The maximum absolute atomic E-state index is 10.9. The van der Waals surface area contributed by atoms with Crippen LogP contribution in [0.3, 0.4) is 0 Å². The van der Waals surface area contributed by atoms with E-state index >= 15 is 0 Å². The largest absolute Gasteiger partial charge is 0.444 e. The number of amides is 1. The first-order valence-corrected chi connectivity index (χ1v) is 4.40. The van der Waals surface area contributed by atoms with Crippen LogP contribution in [0.2, 0.25) is 0 Å². The third-order valence-electron chi connectivity index (χ3n) is 2.16. The van der Waals surface area contributed by atoms with Gasteiger partial charge in [-0.25, -0.2) is 4.79 Å². The molecule has 1 fully saturated rings. The Hall–Kier alpha value is -0.730. The molecule has 12 heavy (non-hydrogen) atoms. The SMILES string of the molecule is CC(C)C[C@@H]1OC(=O)NC1(C)C. The van der Waals surface area contributed by atoms with E-state index in [9.17, 15) is 4.79 Å². The molecular weight excluding hydrogens is 154 g/mol. The van der Waals surface area contributed by atoms with Gasteiger partial charge in [-0.05, 0) is 26.2 Å². The monoisotopic (exact) mass is 171 g/mol. The van der Waals surface area contributed by atoms with E-state index in [2.05, 4.69) is 19.2 Å². The highest BCUT2D eigenvalue weighted by Gasteiger charge is 2.40. The average molecular weight is 171 g/mol. The summed E-state index contributed by atoms with van der Waals surface area (Å²) < 4.78 is 5.14. The lowest BCUT2D eigenvalue weighted by molar-refractivity contribution is 0.101. The van der Waals surface area contributed by atoms with Crippen LogP contribution < -0.4 is 5.32 Å². The number of hydrogen-bond acceptors (Lipinski definition) is 2. The zero-order valence-corrected chi connectivity index (χ0v) is 8.18. The Balaban J connectivity index is 2.59. The molecule has 1 saturated heterocycles. The van der Waals surface area contributed by atoms with E-state index in [1.54, 1.807) is 0 Å². The van der Waals surface area contributed by atoms with Gasteiger partial charge in [0, 0.05) is 0 Å². The maximum atomic E-state index is 10.9. The van der Waals surface area contributed by atoms with Gasteiger partial charge >= 0.3 is 6.09 Å². The van der Waals surface area contributed by atoms with Crippen molar-refractivity contribution in [2.45, 2.75) is 45.8 Å². The normalized spacial score (nSPS) is 27.1. The van der Waals surface area contributed by atoms with E-state index in [1.165, 1.54) is 0 Å². The summed E-state index contributed by atoms with van der Waals surface area (Å²) in [4.78, 5) is 10.9. The van der Waals surface area contributed by atoms with Crippen molar-refractivity contribution < 1.29 is 9.53 Å². The van der Waals surface area contributed by atoms with E-state index < -0.39 is 0 Å². The van der Waals surface area contributed by atoms with E-state index in [-0.39, 0.29) is 17.7 Å². The first kappa shape index (κ1) is 9.36. The minimum absolute atomic E-state index is 0.0185. The van der Waals surface area contributed by atoms with Crippen molar-refractivity contribution >= 4 is 6.09 Å². The molecule has 1 aliphatic heterocycles. The molecule has 0 unspecified atom stereocenters. The molecule has 1 N–H and O–H groups in total. The second kappa shape index (κ2) is 2.96. The van der Waals surface area contributed by atoms with Crippen molar-refractivity contribution in [2.24, 2.45) is 5.92 Å². The van der Waals surface area contributed by atoms with Crippen LogP contribution in [0.25, 0.3) is 0 Å². The summed E-state index contributed by atoms with van der Waals surface area (Å²) in [7, 11) is 0. The van der Waals surface area contributed by atoms with Crippen molar-refractivity contribution in [3.05, 3.63) is 0 Å². The number of nitrogens with one attached hydrogen (secondary N) is 1. The lowest BCUT2D eigenvalue weighted by Crippen LogP contribution is -2.42. The Morgan fingerprint density at radius 2 is 2.17 bits per heavy atom. The summed E-state index contributed by atoms with van der Waals surface area (Å²) in [6.45, 7) is 8.24. The second-order valence-corrected chi connectivity index (χ2v) is 4.37. The number of rotatable bonds is 2. The van der Waals surface area contributed by atoms with Crippen molar-refractivity contribution in [1.82, 2.24) is 5.32 Å². The molecule has 3 heteroatoms. The van der Waals surface area contributed by atoms with E-state index in [0.29, 0.717) is 5.92 Å². The first-order chi connectivity index (χ1) is 5.42. The van der Waals surface area contributed by atoms with Gasteiger partial charge in [-0.15, -0.1) is 0 Å². The summed E-state index contributed by atoms with van der Waals surface area (Å²) in [5.74, 6) is 0.557. The molecule has 0 saturated carbocycles. The molecule has 70 valence electrons. The topological polar surface area (TPSA) is 38.3 Å². The van der Waals surface area contributed by atoms with Crippen molar-refractivity contribution in [3.63, 3.8) is 0 Å². The Kier molecular flexibility index (Phi) is 2.31. The molecule has 0 radical (unpaired) electrons. The van der Waals surface area contributed by atoms with Gasteiger partial charge < -0.3 is 10.1 Å². The fraction of sp³-hybridized carbons (Fsp3) is 0.889. The highest BCUT2D eigenvalue weighted by Crippen LogP contribution is 2.25. The van der Waals surface area contributed by atoms with Gasteiger partial charge in [-0.2, -0.15) is 0 Å². The van der Waals surface area contributed by atoms with Gasteiger partial charge in [0.2, 0.25) is 0 Å². The summed E-state index contributed by atoms with van der Waals surface area (Å²) in [5.41, 5.74) is -0.207. The molecule has 1 heterocycles. The fourth-order valence-corrected chi connectivity index (χ4v) is 1.42. The molecule has 0 bridgehead atoms. The molecular formula is C9H17NO2. The van der Waals surface area contributed by atoms with Gasteiger partial charge in [0.25, 0.3) is 0 Å². The van der Waals surface area contributed by atoms with Crippen LogP contribution in [-0.2, 0) is 4.74 Å². The highest BCUT2D eigenvalue weighted by atomic mass is 16.6. The van der Waals surface area contributed by atoms with Gasteiger partial charge in [0.15, 0.2) is 0 Å². The number of cyclic esters (lactones) is 1. The van der Waals surface area contributed by atoms with E-state index in [0.717, 1.165) is 6.42 Å². The quantitative estimate of drug-likeness (QED) is 0.689. The zero-order valence-electron chi connectivity index (χ0n) is 8.18. The molecule has 0 aromatic carbocycles. The Labute approximate surface area is 73.5 Å². The van der Waals surface area contributed by atoms with Crippen LogP contribution >= 0.6 is 0 Å².